The van der Waals surface area contributed by atoms with Crippen LogP contribution < -0.4 is 5.32 Å². The molecule has 1 rings (SSSR count). The SMILES string of the molecule is CC(=O)Nc1cc(C(F)(F)F)ccc1CCCO. The van der Waals surface area contributed by atoms with Gasteiger partial charge in [-0.1, -0.05) is 6.07 Å². The number of carbonyl (C=O) groups is 1. The zero-order valence-electron chi connectivity index (χ0n) is 9.84. The zero-order valence-corrected chi connectivity index (χ0v) is 9.84. The van der Waals surface area contributed by atoms with Crippen LogP contribution in [0.3, 0.4) is 0 Å². The standard InChI is InChI=1S/C12H14F3NO2/c1-8(18)16-11-7-10(12(13,14)15)5-4-9(11)3-2-6-17/h4-5,7,17H,2-3,6H2,1H3,(H,16,18). The molecule has 6 heteroatoms. The molecule has 0 radical (unpaired) electrons. The fourth-order valence-corrected chi connectivity index (χ4v) is 1.55. The average molecular weight is 261 g/mol. The summed E-state index contributed by atoms with van der Waals surface area (Å²) in [6.45, 7) is 1.18. The van der Waals surface area contributed by atoms with Crippen LogP contribution >= 0.6 is 0 Å². The van der Waals surface area contributed by atoms with E-state index in [1.54, 1.807) is 0 Å². The van der Waals surface area contributed by atoms with Gasteiger partial charge in [-0.2, -0.15) is 13.2 Å². The Labute approximate surface area is 103 Å². The number of carbonyl (C=O) groups excluding carboxylic acids is 1. The molecule has 18 heavy (non-hydrogen) atoms. The molecule has 0 saturated carbocycles. The van der Waals surface area contributed by atoms with Crippen molar-refractivity contribution in [2.45, 2.75) is 25.9 Å². The van der Waals surface area contributed by atoms with Gasteiger partial charge < -0.3 is 10.4 Å². The van der Waals surface area contributed by atoms with Crippen molar-refractivity contribution in [1.82, 2.24) is 0 Å². The molecule has 0 heterocycles. The first-order chi connectivity index (χ1) is 8.34. The topological polar surface area (TPSA) is 49.3 Å². The molecule has 0 spiro atoms. The van der Waals surface area contributed by atoms with Gasteiger partial charge in [-0.15, -0.1) is 0 Å². The van der Waals surface area contributed by atoms with Crippen LogP contribution in [0, 0.1) is 0 Å². The summed E-state index contributed by atoms with van der Waals surface area (Å²) in [5.74, 6) is -0.431. The molecule has 1 aromatic carbocycles. The minimum Gasteiger partial charge on any atom is -0.396 e. The van der Waals surface area contributed by atoms with Crippen LogP contribution in [0.5, 0.6) is 0 Å². The van der Waals surface area contributed by atoms with E-state index in [-0.39, 0.29) is 12.3 Å². The Morgan fingerprint density at radius 1 is 1.39 bits per heavy atom. The van der Waals surface area contributed by atoms with E-state index in [1.807, 2.05) is 0 Å². The fraction of sp³-hybridized carbons (Fsp3) is 0.417. The van der Waals surface area contributed by atoms with Crippen molar-refractivity contribution < 1.29 is 23.1 Å². The highest BCUT2D eigenvalue weighted by molar-refractivity contribution is 5.89. The van der Waals surface area contributed by atoms with E-state index in [0.29, 0.717) is 18.4 Å². The third-order valence-electron chi connectivity index (χ3n) is 2.35. The Morgan fingerprint density at radius 3 is 2.56 bits per heavy atom. The Hall–Kier alpha value is -1.56. The number of anilines is 1. The number of hydrogen-bond acceptors (Lipinski definition) is 2. The second-order valence-corrected chi connectivity index (χ2v) is 3.88. The summed E-state index contributed by atoms with van der Waals surface area (Å²) in [4.78, 5) is 11.0. The average Bonchev–Trinajstić information content (AvgIpc) is 2.25. The summed E-state index contributed by atoms with van der Waals surface area (Å²) in [5, 5.41) is 11.1. The Bertz CT molecular complexity index is 430. The molecule has 0 bridgehead atoms. The van der Waals surface area contributed by atoms with Crippen molar-refractivity contribution >= 4 is 11.6 Å². The molecule has 0 aliphatic carbocycles. The van der Waals surface area contributed by atoms with Crippen molar-refractivity contribution in [1.29, 1.82) is 0 Å². The first-order valence-electron chi connectivity index (χ1n) is 5.43. The van der Waals surface area contributed by atoms with E-state index < -0.39 is 17.6 Å². The van der Waals surface area contributed by atoms with Crippen LogP contribution in [0.4, 0.5) is 18.9 Å². The molecule has 1 aromatic rings. The summed E-state index contributed by atoms with van der Waals surface area (Å²) in [6.07, 6.45) is -3.61. The monoisotopic (exact) mass is 261 g/mol. The lowest BCUT2D eigenvalue weighted by Gasteiger charge is -2.13. The van der Waals surface area contributed by atoms with Gasteiger partial charge in [0.2, 0.25) is 5.91 Å². The van der Waals surface area contributed by atoms with Gasteiger partial charge in [0.05, 0.1) is 5.56 Å². The number of benzene rings is 1. The number of aliphatic hydroxyl groups is 1. The van der Waals surface area contributed by atoms with Crippen molar-refractivity contribution in [2.24, 2.45) is 0 Å². The number of hydrogen-bond donors (Lipinski definition) is 2. The number of alkyl halides is 3. The number of amides is 1. The number of rotatable bonds is 4. The minimum atomic E-state index is -4.44. The van der Waals surface area contributed by atoms with Crippen molar-refractivity contribution in [3.8, 4) is 0 Å². The molecule has 1 amide bonds. The van der Waals surface area contributed by atoms with E-state index in [0.717, 1.165) is 12.1 Å². The Kier molecular flexibility index (Phi) is 4.72. The lowest BCUT2D eigenvalue weighted by Crippen LogP contribution is -2.11. The summed E-state index contributed by atoms with van der Waals surface area (Å²) < 4.78 is 37.6. The third kappa shape index (κ3) is 4.03. The molecule has 0 aromatic heterocycles. The molecule has 0 aliphatic heterocycles. The smallest absolute Gasteiger partial charge is 0.396 e. The molecule has 0 fully saturated rings. The highest BCUT2D eigenvalue weighted by Gasteiger charge is 2.31. The normalized spacial score (nSPS) is 11.4. The summed E-state index contributed by atoms with van der Waals surface area (Å²) >= 11 is 0. The lowest BCUT2D eigenvalue weighted by atomic mass is 10.0. The Morgan fingerprint density at radius 2 is 2.06 bits per heavy atom. The largest absolute Gasteiger partial charge is 0.416 e. The second kappa shape index (κ2) is 5.86. The van der Waals surface area contributed by atoms with E-state index in [9.17, 15) is 18.0 Å². The zero-order chi connectivity index (χ0) is 13.8. The maximum Gasteiger partial charge on any atom is 0.416 e. The number of halogens is 3. The number of nitrogens with one attached hydrogen (secondary N) is 1. The van der Waals surface area contributed by atoms with Crippen molar-refractivity contribution in [3.63, 3.8) is 0 Å². The maximum atomic E-state index is 12.5. The van der Waals surface area contributed by atoms with Crippen LogP contribution in [0.25, 0.3) is 0 Å². The molecular formula is C12H14F3NO2. The van der Waals surface area contributed by atoms with Crippen molar-refractivity contribution in [3.05, 3.63) is 29.3 Å². The highest BCUT2D eigenvalue weighted by atomic mass is 19.4. The van der Waals surface area contributed by atoms with Gasteiger partial charge in [-0.25, -0.2) is 0 Å². The molecular weight excluding hydrogens is 247 g/mol. The molecule has 0 aliphatic rings. The van der Waals surface area contributed by atoms with Crippen LogP contribution in [0.15, 0.2) is 18.2 Å². The van der Waals surface area contributed by atoms with Crippen molar-refractivity contribution in [2.75, 3.05) is 11.9 Å². The molecule has 0 saturated heterocycles. The van der Waals surface area contributed by atoms with Crippen LogP contribution in [0.1, 0.15) is 24.5 Å². The first-order valence-corrected chi connectivity index (χ1v) is 5.43. The minimum absolute atomic E-state index is 0.0550. The molecule has 3 nitrogen and oxygen atoms in total. The molecule has 0 unspecified atom stereocenters. The molecule has 0 atom stereocenters. The highest BCUT2D eigenvalue weighted by Crippen LogP contribution is 2.32. The third-order valence-corrected chi connectivity index (χ3v) is 2.35. The molecule has 100 valence electrons. The first kappa shape index (κ1) is 14.5. The summed E-state index contributed by atoms with van der Waals surface area (Å²) in [5.41, 5.74) is -0.0861. The van der Waals surface area contributed by atoms with Crippen LogP contribution in [0.2, 0.25) is 0 Å². The fourth-order valence-electron chi connectivity index (χ4n) is 1.55. The van der Waals surface area contributed by atoms with Gasteiger partial charge in [-0.05, 0) is 30.5 Å². The van der Waals surface area contributed by atoms with E-state index in [4.69, 9.17) is 5.11 Å². The van der Waals surface area contributed by atoms with Gasteiger partial charge in [0.15, 0.2) is 0 Å². The van der Waals surface area contributed by atoms with Gasteiger partial charge in [-0.3, -0.25) is 4.79 Å². The summed E-state index contributed by atoms with van der Waals surface area (Å²) in [7, 11) is 0. The van der Waals surface area contributed by atoms with Gasteiger partial charge in [0.1, 0.15) is 0 Å². The second-order valence-electron chi connectivity index (χ2n) is 3.88. The quantitative estimate of drug-likeness (QED) is 0.875. The predicted molar refractivity (Wildman–Crippen MR) is 61.2 cm³/mol. The number of aryl methyl sites for hydroxylation is 1. The number of aliphatic hydroxyl groups excluding tert-OH is 1. The van der Waals surface area contributed by atoms with E-state index in [1.165, 1.54) is 13.0 Å². The molecule has 2 N–H and O–H groups in total. The van der Waals surface area contributed by atoms with Gasteiger partial charge >= 0.3 is 6.18 Å². The van der Waals surface area contributed by atoms with Crippen LogP contribution in [-0.4, -0.2) is 17.6 Å². The van der Waals surface area contributed by atoms with E-state index in [2.05, 4.69) is 5.32 Å². The van der Waals surface area contributed by atoms with Crippen LogP contribution in [-0.2, 0) is 17.4 Å². The predicted octanol–water partition coefficient (Wildman–Crippen LogP) is 2.59. The lowest BCUT2D eigenvalue weighted by molar-refractivity contribution is -0.137. The summed E-state index contributed by atoms with van der Waals surface area (Å²) in [6, 6.07) is 3.20. The van der Waals surface area contributed by atoms with E-state index >= 15 is 0 Å². The van der Waals surface area contributed by atoms with Gasteiger partial charge in [0.25, 0.3) is 0 Å². The Balaban J connectivity index is 3.07. The maximum absolute atomic E-state index is 12.5. The van der Waals surface area contributed by atoms with Gasteiger partial charge in [0, 0.05) is 19.2 Å².